The zero-order chi connectivity index (χ0) is 46.8. The van der Waals surface area contributed by atoms with Gasteiger partial charge in [0.25, 0.3) is 0 Å². The molecule has 0 radical (unpaired) electrons. The van der Waals surface area contributed by atoms with Crippen molar-refractivity contribution in [2.75, 3.05) is 19.8 Å². The zero-order valence-corrected chi connectivity index (χ0v) is 39.5. The number of carbonyl (C=O) groups is 1. The summed E-state index contributed by atoms with van der Waals surface area (Å²) in [5.41, 5.74) is 0. The Labute approximate surface area is 385 Å². The maximum absolute atomic E-state index is 13.1. The lowest BCUT2D eigenvalue weighted by Crippen LogP contribution is -2.65. The molecular weight excluding hydrogens is 823 g/mol. The van der Waals surface area contributed by atoms with E-state index >= 15 is 0 Å². The highest BCUT2D eigenvalue weighted by molar-refractivity contribution is 5.76. The van der Waals surface area contributed by atoms with Gasteiger partial charge in [-0.2, -0.15) is 0 Å². The Morgan fingerprint density at radius 1 is 0.547 bits per heavy atom. The standard InChI is InChI=1S/C50H91NO13/c1-3-5-7-9-11-13-15-16-17-18-19-20-21-22-24-25-27-29-31-33-39(54)38(51-42(55)34-32-30-28-26-23-14-12-10-8-6-4-2)37-61-49-47(60)45(58)48(41(36-53)63-49)64-50-46(59)44(57)43(56)40(35-52)62-50/h19-20,24-25,31,33,38-41,43-50,52-54,56-60H,3-18,21-23,26-30,32,34-37H2,1-2H3,(H,51,55)/b20-19+,25-24+,33-31+. The Kier molecular flexibility index (Phi) is 33.9. The number of hydrogen-bond acceptors (Lipinski definition) is 13. The molecule has 2 heterocycles. The number of carbonyl (C=O) groups excluding carboxylic acids is 1. The van der Waals surface area contributed by atoms with Crippen molar-refractivity contribution >= 4 is 5.91 Å². The van der Waals surface area contributed by atoms with Crippen molar-refractivity contribution < 1.29 is 64.6 Å². The first-order valence-electron chi connectivity index (χ1n) is 25.2. The SMILES string of the molecule is CCCCCCCCCCC/C=C/CC/C=C/CC/C=C/C(O)C(COC1OC(CO)C(OC2OC(CO)C(O)C(O)C2O)C(O)C1O)NC(=O)CCCCCCCCCCCCC. The molecule has 2 saturated heterocycles. The minimum absolute atomic E-state index is 0.256. The normalized spacial score (nSPS) is 27.5. The highest BCUT2D eigenvalue weighted by atomic mass is 16.7. The average molecular weight is 914 g/mol. The first-order valence-corrected chi connectivity index (χ1v) is 25.2. The fourth-order valence-corrected chi connectivity index (χ4v) is 8.14. The van der Waals surface area contributed by atoms with E-state index in [1.807, 2.05) is 6.08 Å². The largest absolute Gasteiger partial charge is 0.394 e. The van der Waals surface area contributed by atoms with E-state index in [-0.39, 0.29) is 18.9 Å². The van der Waals surface area contributed by atoms with E-state index in [9.17, 15) is 45.6 Å². The van der Waals surface area contributed by atoms with Gasteiger partial charge in [-0.1, -0.05) is 166 Å². The summed E-state index contributed by atoms with van der Waals surface area (Å²) in [5, 5.41) is 86.6. The van der Waals surface area contributed by atoms with E-state index in [1.165, 1.54) is 103 Å². The molecule has 0 aromatic rings. The van der Waals surface area contributed by atoms with Gasteiger partial charge in [-0.3, -0.25) is 4.79 Å². The molecule has 14 nitrogen and oxygen atoms in total. The second-order valence-electron chi connectivity index (χ2n) is 17.9. The number of unbranched alkanes of at least 4 members (excludes halogenated alkanes) is 21. The predicted octanol–water partition coefficient (Wildman–Crippen LogP) is 6.32. The second kappa shape index (κ2) is 37.2. The Bertz CT molecular complexity index is 1220. The first-order chi connectivity index (χ1) is 31.1. The number of rotatable bonds is 38. The molecule has 12 atom stereocenters. The van der Waals surface area contributed by atoms with Gasteiger partial charge in [0, 0.05) is 6.42 Å². The summed E-state index contributed by atoms with van der Waals surface area (Å²) < 4.78 is 22.6. The van der Waals surface area contributed by atoms with E-state index in [4.69, 9.17) is 18.9 Å². The van der Waals surface area contributed by atoms with Crippen molar-refractivity contribution in [2.45, 2.75) is 254 Å². The maximum Gasteiger partial charge on any atom is 0.220 e. The molecule has 0 saturated carbocycles. The van der Waals surface area contributed by atoms with Crippen LogP contribution < -0.4 is 5.32 Å². The number of aliphatic hydroxyl groups is 8. The average Bonchev–Trinajstić information content (AvgIpc) is 3.29. The molecule has 14 heteroatoms. The molecule has 2 aliphatic heterocycles. The summed E-state index contributed by atoms with van der Waals surface area (Å²) in [6.45, 7) is 2.74. The lowest BCUT2D eigenvalue weighted by Gasteiger charge is -2.46. The maximum atomic E-state index is 13.1. The summed E-state index contributed by atoms with van der Waals surface area (Å²) >= 11 is 0. The highest BCUT2D eigenvalue weighted by Crippen LogP contribution is 2.30. The number of aliphatic hydroxyl groups excluding tert-OH is 8. The van der Waals surface area contributed by atoms with E-state index in [1.54, 1.807) is 6.08 Å². The van der Waals surface area contributed by atoms with Crippen LogP contribution in [0.4, 0.5) is 0 Å². The van der Waals surface area contributed by atoms with Crippen LogP contribution in [0.25, 0.3) is 0 Å². The quantitative estimate of drug-likeness (QED) is 0.0244. The van der Waals surface area contributed by atoms with Crippen LogP contribution in [0.3, 0.4) is 0 Å². The second-order valence-corrected chi connectivity index (χ2v) is 17.9. The molecule has 12 unspecified atom stereocenters. The Balaban J connectivity index is 1.87. The number of hydrogen-bond donors (Lipinski definition) is 9. The lowest BCUT2D eigenvalue weighted by atomic mass is 9.97. The number of ether oxygens (including phenoxy) is 4. The van der Waals surface area contributed by atoms with Gasteiger partial charge in [0.05, 0.1) is 32.0 Å². The van der Waals surface area contributed by atoms with Gasteiger partial charge < -0.3 is 65.1 Å². The summed E-state index contributed by atoms with van der Waals surface area (Å²) in [6, 6.07) is -0.932. The number of allylic oxidation sites excluding steroid dienone is 5. The molecule has 0 aromatic carbocycles. The van der Waals surface area contributed by atoms with Gasteiger partial charge in [-0.15, -0.1) is 0 Å². The topological polar surface area (TPSA) is 228 Å². The fourth-order valence-electron chi connectivity index (χ4n) is 8.14. The zero-order valence-electron chi connectivity index (χ0n) is 39.5. The van der Waals surface area contributed by atoms with Crippen LogP contribution in [0.15, 0.2) is 36.5 Å². The van der Waals surface area contributed by atoms with Crippen LogP contribution in [-0.4, -0.2) is 140 Å². The smallest absolute Gasteiger partial charge is 0.220 e. The molecule has 374 valence electrons. The molecule has 2 rings (SSSR count). The van der Waals surface area contributed by atoms with E-state index in [0.29, 0.717) is 12.8 Å². The minimum Gasteiger partial charge on any atom is -0.394 e. The highest BCUT2D eigenvalue weighted by Gasteiger charge is 2.51. The monoisotopic (exact) mass is 914 g/mol. The summed E-state index contributed by atoms with van der Waals surface area (Å²) in [4.78, 5) is 13.1. The Morgan fingerprint density at radius 3 is 1.53 bits per heavy atom. The molecule has 1 amide bonds. The Morgan fingerprint density at radius 2 is 1.00 bits per heavy atom. The van der Waals surface area contributed by atoms with E-state index in [2.05, 4.69) is 43.5 Å². The summed E-state index contributed by atoms with van der Waals surface area (Å²) in [6.07, 6.45) is 24.8. The van der Waals surface area contributed by atoms with Crippen LogP contribution >= 0.6 is 0 Å². The van der Waals surface area contributed by atoms with Gasteiger partial charge in [0.1, 0.15) is 48.8 Å². The Hall–Kier alpha value is -1.79. The van der Waals surface area contributed by atoms with Crippen molar-refractivity contribution in [1.82, 2.24) is 5.32 Å². The minimum atomic E-state index is -1.79. The predicted molar refractivity (Wildman–Crippen MR) is 249 cm³/mol. The summed E-state index contributed by atoms with van der Waals surface area (Å²) in [5.74, 6) is -0.256. The lowest BCUT2D eigenvalue weighted by molar-refractivity contribution is -0.359. The fraction of sp³-hybridized carbons (Fsp3) is 0.860. The molecule has 0 bridgehead atoms. The first kappa shape index (κ1) is 58.3. The van der Waals surface area contributed by atoms with E-state index in [0.717, 1.165) is 44.9 Å². The molecule has 0 aliphatic carbocycles. The summed E-state index contributed by atoms with van der Waals surface area (Å²) in [7, 11) is 0. The van der Waals surface area contributed by atoms with Gasteiger partial charge in [-0.05, 0) is 44.9 Å². The van der Waals surface area contributed by atoms with Crippen molar-refractivity contribution in [2.24, 2.45) is 0 Å². The van der Waals surface area contributed by atoms with Gasteiger partial charge in [0.2, 0.25) is 5.91 Å². The van der Waals surface area contributed by atoms with Crippen LogP contribution in [0.1, 0.15) is 181 Å². The third-order valence-electron chi connectivity index (χ3n) is 12.3. The van der Waals surface area contributed by atoms with E-state index < -0.39 is 86.8 Å². The molecule has 0 spiro atoms. The van der Waals surface area contributed by atoms with Crippen LogP contribution in [-0.2, 0) is 23.7 Å². The molecule has 2 aliphatic rings. The van der Waals surface area contributed by atoms with Crippen LogP contribution in [0.2, 0.25) is 0 Å². The number of amides is 1. The van der Waals surface area contributed by atoms with Crippen molar-refractivity contribution in [3.05, 3.63) is 36.5 Å². The van der Waals surface area contributed by atoms with Gasteiger partial charge in [0.15, 0.2) is 12.6 Å². The molecule has 2 fully saturated rings. The van der Waals surface area contributed by atoms with Crippen molar-refractivity contribution in [3.8, 4) is 0 Å². The van der Waals surface area contributed by atoms with Crippen molar-refractivity contribution in [3.63, 3.8) is 0 Å². The van der Waals surface area contributed by atoms with Gasteiger partial charge >= 0.3 is 0 Å². The third kappa shape index (κ3) is 24.3. The van der Waals surface area contributed by atoms with Crippen molar-refractivity contribution in [1.29, 1.82) is 0 Å². The molecule has 9 N–H and O–H groups in total. The molecule has 64 heavy (non-hydrogen) atoms. The number of nitrogens with one attached hydrogen (secondary N) is 1. The molecular formula is C50H91NO13. The van der Waals surface area contributed by atoms with Gasteiger partial charge in [-0.25, -0.2) is 0 Å². The van der Waals surface area contributed by atoms with Crippen LogP contribution in [0, 0.1) is 0 Å². The molecule has 0 aromatic heterocycles. The third-order valence-corrected chi connectivity index (χ3v) is 12.3. The van der Waals surface area contributed by atoms with Crippen LogP contribution in [0.5, 0.6) is 0 Å².